The Morgan fingerprint density at radius 1 is 1.18 bits per heavy atom. The molecule has 3 aromatic rings. The lowest BCUT2D eigenvalue weighted by Gasteiger charge is -2.43. The molecule has 1 aliphatic carbocycles. The number of carbonyl (C=O) groups excluding carboxylic acids is 2. The van der Waals surface area contributed by atoms with Crippen molar-refractivity contribution in [2.45, 2.75) is 37.4 Å². The lowest BCUT2D eigenvalue weighted by atomic mass is 9.75. The fraction of sp³-hybridized carbons (Fsp3) is 0.259. The van der Waals surface area contributed by atoms with E-state index in [9.17, 15) is 22.8 Å². The number of nitrogens with one attached hydrogen (secondary N) is 1. The number of hydrogen-bond acceptors (Lipinski definition) is 6. The number of anilines is 2. The molecule has 0 atom stereocenters. The molecular formula is C27H20F4N6O2S. The van der Waals surface area contributed by atoms with E-state index in [0.29, 0.717) is 31.7 Å². The van der Waals surface area contributed by atoms with Gasteiger partial charge in [-0.15, -0.1) is 0 Å². The van der Waals surface area contributed by atoms with Crippen molar-refractivity contribution in [3.05, 3.63) is 83.2 Å². The molecule has 1 spiro atoms. The molecule has 1 aromatic carbocycles. The lowest BCUT2D eigenvalue weighted by molar-refractivity contribution is -0.138. The Bertz CT molecular complexity index is 1550. The van der Waals surface area contributed by atoms with Crippen LogP contribution in [-0.2, 0) is 17.4 Å². The SMILES string of the molecule is N#Cc1ncc(N2C(=O)C3(CCC3)N(c3ccc(C(=O)NCCc4cccnc4)c(F)c3)C2=S)cc1C(F)(F)F. The van der Waals surface area contributed by atoms with E-state index < -0.39 is 40.6 Å². The molecule has 0 bridgehead atoms. The molecule has 1 N–H and O–H groups in total. The average Bonchev–Trinajstić information content (AvgIpc) is 3.14. The fourth-order valence-electron chi connectivity index (χ4n) is 4.88. The first-order valence-corrected chi connectivity index (χ1v) is 12.6. The third kappa shape index (κ3) is 4.64. The number of thiocarbonyl (C=S) groups is 1. The average molecular weight is 569 g/mol. The first-order valence-electron chi connectivity index (χ1n) is 12.2. The molecule has 8 nitrogen and oxygen atoms in total. The first kappa shape index (κ1) is 27.1. The maximum atomic E-state index is 15.2. The van der Waals surface area contributed by atoms with Gasteiger partial charge in [-0.2, -0.15) is 18.4 Å². The summed E-state index contributed by atoms with van der Waals surface area (Å²) in [6.45, 7) is 0.257. The third-order valence-electron chi connectivity index (χ3n) is 7.01. The number of carbonyl (C=O) groups is 2. The molecule has 2 aromatic heterocycles. The van der Waals surface area contributed by atoms with E-state index in [1.807, 2.05) is 6.07 Å². The Morgan fingerprint density at radius 3 is 2.55 bits per heavy atom. The van der Waals surface area contributed by atoms with Crippen LogP contribution in [0.5, 0.6) is 0 Å². The molecule has 40 heavy (non-hydrogen) atoms. The second-order valence-corrected chi connectivity index (χ2v) is 9.74. The number of nitriles is 1. The number of amides is 2. The van der Waals surface area contributed by atoms with E-state index in [0.717, 1.165) is 22.7 Å². The Hall–Kier alpha value is -4.44. The van der Waals surface area contributed by atoms with Crippen LogP contribution in [0.2, 0.25) is 0 Å². The Kier molecular flexibility index (Phi) is 6.97. The molecule has 2 amide bonds. The van der Waals surface area contributed by atoms with Gasteiger partial charge in [-0.25, -0.2) is 9.37 Å². The summed E-state index contributed by atoms with van der Waals surface area (Å²) in [6.07, 6.45) is 1.23. The predicted octanol–water partition coefficient (Wildman–Crippen LogP) is 4.54. The van der Waals surface area contributed by atoms with Gasteiger partial charge in [0.05, 0.1) is 23.0 Å². The van der Waals surface area contributed by atoms with Gasteiger partial charge in [0, 0.05) is 24.6 Å². The zero-order chi connectivity index (χ0) is 28.7. The molecule has 0 unspecified atom stereocenters. The molecular weight excluding hydrogens is 548 g/mol. The van der Waals surface area contributed by atoms with Crippen molar-refractivity contribution in [3.63, 3.8) is 0 Å². The van der Waals surface area contributed by atoms with Crippen LogP contribution in [0, 0.1) is 17.1 Å². The normalized spacial score (nSPS) is 16.2. The second-order valence-electron chi connectivity index (χ2n) is 9.37. The van der Waals surface area contributed by atoms with Gasteiger partial charge < -0.3 is 10.2 Å². The molecule has 5 rings (SSSR count). The number of aromatic nitrogens is 2. The maximum absolute atomic E-state index is 15.2. The summed E-state index contributed by atoms with van der Waals surface area (Å²) >= 11 is 5.53. The van der Waals surface area contributed by atoms with Gasteiger partial charge in [-0.3, -0.25) is 19.5 Å². The standard InChI is InChI=1S/C27H20F4N6O2S/c28-21-12-17(4-5-19(21)23(38)34-10-6-16-3-1-9-33-14-16)37-25(40)36(24(39)26(37)7-2-8-26)18-11-20(27(29,30)31)22(13-32)35-15-18/h1,3-5,9,11-12,14-15H,2,6-8,10H2,(H,34,38). The van der Waals surface area contributed by atoms with Gasteiger partial charge in [-0.05, 0) is 73.8 Å². The van der Waals surface area contributed by atoms with Crippen LogP contribution < -0.4 is 15.1 Å². The van der Waals surface area contributed by atoms with E-state index in [-0.39, 0.29) is 28.6 Å². The third-order valence-corrected chi connectivity index (χ3v) is 7.38. The minimum absolute atomic E-state index is 0.155. The van der Waals surface area contributed by atoms with Crippen LogP contribution in [0.15, 0.2) is 55.0 Å². The van der Waals surface area contributed by atoms with Gasteiger partial charge in [-0.1, -0.05) is 6.07 Å². The Morgan fingerprint density at radius 2 is 1.95 bits per heavy atom. The zero-order valence-electron chi connectivity index (χ0n) is 20.7. The molecule has 1 saturated heterocycles. The van der Waals surface area contributed by atoms with Crippen molar-refractivity contribution in [1.29, 1.82) is 5.26 Å². The molecule has 0 radical (unpaired) electrons. The van der Waals surface area contributed by atoms with E-state index in [1.54, 1.807) is 18.5 Å². The highest BCUT2D eigenvalue weighted by atomic mass is 32.1. The second kappa shape index (κ2) is 10.3. The summed E-state index contributed by atoms with van der Waals surface area (Å²) in [5, 5.41) is 11.6. The molecule has 2 fully saturated rings. The molecule has 1 saturated carbocycles. The minimum Gasteiger partial charge on any atom is -0.352 e. The highest BCUT2D eigenvalue weighted by molar-refractivity contribution is 7.81. The van der Waals surface area contributed by atoms with Gasteiger partial charge in [0.15, 0.2) is 10.8 Å². The molecule has 204 valence electrons. The molecule has 13 heteroatoms. The zero-order valence-corrected chi connectivity index (χ0v) is 21.5. The van der Waals surface area contributed by atoms with Crippen LogP contribution in [0.3, 0.4) is 0 Å². The largest absolute Gasteiger partial charge is 0.419 e. The van der Waals surface area contributed by atoms with Crippen LogP contribution >= 0.6 is 12.2 Å². The van der Waals surface area contributed by atoms with Crippen molar-refractivity contribution in [2.24, 2.45) is 0 Å². The van der Waals surface area contributed by atoms with Gasteiger partial charge >= 0.3 is 6.18 Å². The smallest absolute Gasteiger partial charge is 0.352 e. The van der Waals surface area contributed by atoms with Crippen LogP contribution in [0.1, 0.15) is 46.4 Å². The van der Waals surface area contributed by atoms with Gasteiger partial charge in [0.2, 0.25) is 0 Å². The van der Waals surface area contributed by atoms with Gasteiger partial charge in [0.1, 0.15) is 17.4 Å². The highest BCUT2D eigenvalue weighted by Crippen LogP contribution is 2.48. The summed E-state index contributed by atoms with van der Waals surface area (Å²) in [6, 6.07) is 9.48. The Labute approximate surface area is 231 Å². The van der Waals surface area contributed by atoms with Crippen LogP contribution in [0.25, 0.3) is 0 Å². The monoisotopic (exact) mass is 568 g/mol. The molecule has 3 heterocycles. The number of halogens is 4. The quantitative estimate of drug-likeness (QED) is 0.344. The predicted molar refractivity (Wildman–Crippen MR) is 140 cm³/mol. The molecule has 1 aliphatic heterocycles. The van der Waals surface area contributed by atoms with Crippen LogP contribution in [0.4, 0.5) is 28.9 Å². The fourth-order valence-corrected chi connectivity index (χ4v) is 5.35. The van der Waals surface area contributed by atoms with Gasteiger partial charge in [0.25, 0.3) is 11.8 Å². The number of benzene rings is 1. The number of pyridine rings is 2. The molecule has 2 aliphatic rings. The number of nitrogens with zero attached hydrogens (tertiary/aromatic N) is 5. The maximum Gasteiger partial charge on any atom is 0.419 e. The first-order chi connectivity index (χ1) is 19.1. The lowest BCUT2D eigenvalue weighted by Crippen LogP contribution is -2.55. The van der Waals surface area contributed by atoms with Crippen molar-refractivity contribution < 1.29 is 27.2 Å². The van der Waals surface area contributed by atoms with Crippen molar-refractivity contribution in [2.75, 3.05) is 16.3 Å². The summed E-state index contributed by atoms with van der Waals surface area (Å²) in [5.74, 6) is -2.05. The highest BCUT2D eigenvalue weighted by Gasteiger charge is 2.60. The summed E-state index contributed by atoms with van der Waals surface area (Å²) in [4.78, 5) is 36.1. The Balaban J connectivity index is 1.41. The van der Waals surface area contributed by atoms with Crippen molar-refractivity contribution >= 4 is 40.5 Å². The van der Waals surface area contributed by atoms with E-state index in [2.05, 4.69) is 15.3 Å². The number of alkyl halides is 3. The van der Waals surface area contributed by atoms with E-state index in [4.69, 9.17) is 17.5 Å². The number of hydrogen-bond donors (Lipinski definition) is 1. The van der Waals surface area contributed by atoms with E-state index >= 15 is 4.39 Å². The topological polar surface area (TPSA) is 102 Å². The van der Waals surface area contributed by atoms with Crippen molar-refractivity contribution in [3.8, 4) is 6.07 Å². The van der Waals surface area contributed by atoms with Crippen molar-refractivity contribution in [1.82, 2.24) is 15.3 Å². The van der Waals surface area contributed by atoms with E-state index in [1.165, 1.54) is 23.1 Å². The summed E-state index contributed by atoms with van der Waals surface area (Å²) in [7, 11) is 0. The summed E-state index contributed by atoms with van der Waals surface area (Å²) < 4.78 is 55.9. The summed E-state index contributed by atoms with van der Waals surface area (Å²) in [5.41, 5.74) is -2.71. The number of rotatable bonds is 6. The minimum atomic E-state index is -4.89. The van der Waals surface area contributed by atoms with Crippen LogP contribution in [-0.4, -0.2) is 39.0 Å².